The van der Waals surface area contributed by atoms with E-state index < -0.39 is 0 Å². The van der Waals surface area contributed by atoms with Crippen LogP contribution in [0.15, 0.2) is 5.51 Å². The second kappa shape index (κ2) is 5.90. The summed E-state index contributed by atoms with van der Waals surface area (Å²) in [6, 6.07) is 0. The molecule has 2 amide bonds. The molecule has 1 aromatic rings. The number of hydrogen-bond donors (Lipinski definition) is 1. The highest BCUT2D eigenvalue weighted by atomic mass is 32.1. The van der Waals surface area contributed by atoms with Crippen LogP contribution < -0.4 is 5.32 Å². The van der Waals surface area contributed by atoms with E-state index in [1.54, 1.807) is 10.4 Å². The number of likely N-dealkylation sites (tertiary alicyclic amines) is 1. The first-order valence-electron chi connectivity index (χ1n) is 6.05. The van der Waals surface area contributed by atoms with Crippen LogP contribution in [0.2, 0.25) is 0 Å². The standard InChI is InChI=1S/C11H16N4O2S/c1-2-3-4-15-6-8(5-9(15)16)10(17)13-11-14-12-7-18-11/h7-8H,2-6H2,1H3,(H,13,14,17)/t8-/m0/s1. The van der Waals surface area contributed by atoms with E-state index in [0.717, 1.165) is 19.4 Å². The van der Waals surface area contributed by atoms with Gasteiger partial charge in [-0.15, -0.1) is 10.2 Å². The highest BCUT2D eigenvalue weighted by Gasteiger charge is 2.34. The smallest absolute Gasteiger partial charge is 0.231 e. The van der Waals surface area contributed by atoms with Crippen molar-refractivity contribution in [3.8, 4) is 0 Å². The van der Waals surface area contributed by atoms with Crippen molar-refractivity contribution in [3.63, 3.8) is 0 Å². The zero-order valence-electron chi connectivity index (χ0n) is 10.3. The molecular formula is C11H16N4O2S. The molecule has 1 fully saturated rings. The molecule has 2 rings (SSSR count). The number of anilines is 1. The number of unbranched alkanes of at least 4 members (excludes halogenated alkanes) is 1. The third-order valence-corrected chi connectivity index (χ3v) is 3.56. The summed E-state index contributed by atoms with van der Waals surface area (Å²) in [5.41, 5.74) is 1.56. The Labute approximate surface area is 109 Å². The maximum Gasteiger partial charge on any atom is 0.231 e. The Bertz CT molecular complexity index is 421. The van der Waals surface area contributed by atoms with E-state index in [2.05, 4.69) is 22.4 Å². The van der Waals surface area contributed by atoms with Crippen molar-refractivity contribution in [1.29, 1.82) is 0 Å². The SMILES string of the molecule is CCCCN1C[C@@H](C(=O)Nc2nncs2)CC1=O. The first kappa shape index (κ1) is 12.9. The maximum absolute atomic E-state index is 11.9. The normalized spacial score (nSPS) is 19.3. The highest BCUT2D eigenvalue weighted by Crippen LogP contribution is 2.20. The van der Waals surface area contributed by atoms with Crippen LogP contribution in [0.5, 0.6) is 0 Å². The number of nitrogens with zero attached hydrogens (tertiary/aromatic N) is 3. The Morgan fingerprint density at radius 2 is 2.50 bits per heavy atom. The molecule has 1 aromatic heterocycles. The van der Waals surface area contributed by atoms with Crippen molar-refractivity contribution in [1.82, 2.24) is 15.1 Å². The van der Waals surface area contributed by atoms with E-state index in [9.17, 15) is 9.59 Å². The number of carbonyl (C=O) groups excluding carboxylic acids is 2. The topological polar surface area (TPSA) is 75.2 Å². The minimum atomic E-state index is -0.266. The molecule has 2 heterocycles. The largest absolute Gasteiger partial charge is 0.342 e. The second-order valence-electron chi connectivity index (χ2n) is 4.33. The van der Waals surface area contributed by atoms with Crippen LogP contribution in [0.25, 0.3) is 0 Å². The van der Waals surface area contributed by atoms with Crippen LogP contribution in [0, 0.1) is 5.92 Å². The number of nitrogens with one attached hydrogen (secondary N) is 1. The summed E-state index contributed by atoms with van der Waals surface area (Å²) < 4.78 is 0. The molecular weight excluding hydrogens is 252 g/mol. The summed E-state index contributed by atoms with van der Waals surface area (Å²) in [6.45, 7) is 3.35. The molecule has 1 N–H and O–H groups in total. The Balaban J connectivity index is 1.87. The van der Waals surface area contributed by atoms with Gasteiger partial charge >= 0.3 is 0 Å². The Morgan fingerprint density at radius 3 is 3.17 bits per heavy atom. The van der Waals surface area contributed by atoms with Crippen molar-refractivity contribution in [3.05, 3.63) is 5.51 Å². The highest BCUT2D eigenvalue weighted by molar-refractivity contribution is 7.13. The molecule has 0 saturated carbocycles. The van der Waals surface area contributed by atoms with E-state index in [1.807, 2.05) is 0 Å². The van der Waals surface area contributed by atoms with Gasteiger partial charge in [0.1, 0.15) is 5.51 Å². The van der Waals surface area contributed by atoms with E-state index in [4.69, 9.17) is 0 Å². The van der Waals surface area contributed by atoms with Gasteiger partial charge in [0, 0.05) is 19.5 Å². The summed E-state index contributed by atoms with van der Waals surface area (Å²) in [5.74, 6) is -0.335. The molecule has 1 saturated heterocycles. The van der Waals surface area contributed by atoms with Gasteiger partial charge in [0.05, 0.1) is 5.92 Å². The molecule has 0 aromatic carbocycles. The van der Waals surface area contributed by atoms with Crippen molar-refractivity contribution < 1.29 is 9.59 Å². The molecule has 18 heavy (non-hydrogen) atoms. The Kier molecular flexibility index (Phi) is 4.24. The van der Waals surface area contributed by atoms with Crippen LogP contribution >= 0.6 is 11.3 Å². The van der Waals surface area contributed by atoms with Gasteiger partial charge in [-0.3, -0.25) is 9.59 Å². The molecule has 98 valence electrons. The number of aromatic nitrogens is 2. The van der Waals surface area contributed by atoms with Crippen LogP contribution in [-0.2, 0) is 9.59 Å². The van der Waals surface area contributed by atoms with Crippen LogP contribution in [0.1, 0.15) is 26.2 Å². The molecule has 0 unspecified atom stereocenters. The summed E-state index contributed by atoms with van der Waals surface area (Å²) >= 11 is 1.27. The molecule has 6 nitrogen and oxygen atoms in total. The van der Waals surface area contributed by atoms with Gasteiger partial charge in [-0.2, -0.15) is 0 Å². The monoisotopic (exact) mass is 268 g/mol. The molecule has 0 bridgehead atoms. The summed E-state index contributed by atoms with van der Waals surface area (Å²) in [7, 11) is 0. The Morgan fingerprint density at radius 1 is 1.67 bits per heavy atom. The average Bonchev–Trinajstić information content (AvgIpc) is 2.96. The van der Waals surface area contributed by atoms with Gasteiger partial charge in [-0.25, -0.2) is 0 Å². The maximum atomic E-state index is 11.9. The van der Waals surface area contributed by atoms with Crippen molar-refractivity contribution in [2.24, 2.45) is 5.92 Å². The van der Waals surface area contributed by atoms with E-state index in [-0.39, 0.29) is 17.7 Å². The molecule has 1 aliphatic rings. The number of amides is 2. The van der Waals surface area contributed by atoms with Gasteiger partial charge < -0.3 is 10.2 Å². The van der Waals surface area contributed by atoms with Crippen LogP contribution in [-0.4, -0.2) is 40.0 Å². The van der Waals surface area contributed by atoms with E-state index in [0.29, 0.717) is 18.1 Å². The zero-order valence-corrected chi connectivity index (χ0v) is 11.1. The summed E-state index contributed by atoms with van der Waals surface area (Å²) in [6.07, 6.45) is 2.33. The van der Waals surface area contributed by atoms with Gasteiger partial charge in [-0.1, -0.05) is 24.7 Å². The van der Waals surface area contributed by atoms with Crippen LogP contribution in [0.4, 0.5) is 5.13 Å². The lowest BCUT2D eigenvalue weighted by Gasteiger charge is -2.15. The quantitative estimate of drug-likeness (QED) is 0.868. The fraction of sp³-hybridized carbons (Fsp3) is 0.636. The first-order valence-corrected chi connectivity index (χ1v) is 6.93. The number of hydrogen-bond acceptors (Lipinski definition) is 5. The summed E-state index contributed by atoms with van der Waals surface area (Å²) in [4.78, 5) is 25.4. The van der Waals surface area contributed by atoms with Gasteiger partial charge in [-0.05, 0) is 6.42 Å². The average molecular weight is 268 g/mol. The predicted molar refractivity (Wildman–Crippen MR) is 68.1 cm³/mol. The summed E-state index contributed by atoms with van der Waals surface area (Å²) in [5, 5.41) is 10.6. The van der Waals surface area contributed by atoms with Gasteiger partial charge in [0.25, 0.3) is 0 Å². The Hall–Kier alpha value is -1.50. The fourth-order valence-electron chi connectivity index (χ4n) is 1.95. The predicted octanol–water partition coefficient (Wildman–Crippen LogP) is 1.13. The second-order valence-corrected chi connectivity index (χ2v) is 5.16. The number of carbonyl (C=O) groups is 2. The van der Waals surface area contributed by atoms with Crippen molar-refractivity contribution in [2.45, 2.75) is 26.2 Å². The van der Waals surface area contributed by atoms with Crippen molar-refractivity contribution in [2.75, 3.05) is 18.4 Å². The van der Waals surface area contributed by atoms with Crippen LogP contribution in [0.3, 0.4) is 0 Å². The van der Waals surface area contributed by atoms with Crippen molar-refractivity contribution >= 4 is 28.3 Å². The molecule has 1 atom stereocenters. The van der Waals surface area contributed by atoms with Gasteiger partial charge in [0.15, 0.2) is 0 Å². The minimum Gasteiger partial charge on any atom is -0.342 e. The van der Waals surface area contributed by atoms with E-state index >= 15 is 0 Å². The molecule has 1 aliphatic heterocycles. The molecule has 0 aliphatic carbocycles. The molecule has 0 radical (unpaired) electrons. The van der Waals surface area contributed by atoms with E-state index in [1.165, 1.54) is 11.3 Å². The molecule has 7 heteroatoms. The number of rotatable bonds is 5. The minimum absolute atomic E-state index is 0.0702. The lowest BCUT2D eigenvalue weighted by molar-refractivity contribution is -0.128. The lowest BCUT2D eigenvalue weighted by atomic mass is 10.1. The molecule has 0 spiro atoms. The lowest BCUT2D eigenvalue weighted by Crippen LogP contribution is -2.29. The van der Waals surface area contributed by atoms with Gasteiger partial charge in [0.2, 0.25) is 16.9 Å². The third kappa shape index (κ3) is 3.04. The first-order chi connectivity index (χ1) is 8.70. The fourth-order valence-corrected chi connectivity index (χ4v) is 2.40. The zero-order chi connectivity index (χ0) is 13.0. The third-order valence-electron chi connectivity index (χ3n) is 2.96.